The molecule has 3 nitrogen and oxygen atoms in total. The van der Waals surface area contributed by atoms with E-state index in [2.05, 4.69) is 0 Å². The Balaban J connectivity index is 2.35. The number of hydrogen-bond acceptors (Lipinski definition) is 2. The zero-order valence-electron chi connectivity index (χ0n) is 9.00. The molecule has 1 N–H and O–H groups in total. The zero-order chi connectivity index (χ0) is 11.7. The third-order valence-corrected chi connectivity index (χ3v) is 3.02. The number of carboxylic acids is 1. The molecule has 1 aliphatic rings. The number of carboxylic acid groups (broad SMARTS) is 1. The summed E-state index contributed by atoms with van der Waals surface area (Å²) in [6.45, 7) is 1.81. The lowest BCUT2D eigenvalue weighted by Gasteiger charge is -2.28. The second-order valence-electron chi connectivity index (χ2n) is 4.08. The van der Waals surface area contributed by atoms with Crippen molar-refractivity contribution in [1.29, 1.82) is 0 Å². The highest BCUT2D eigenvalue weighted by Gasteiger charge is 2.23. The summed E-state index contributed by atoms with van der Waals surface area (Å²) >= 11 is 5.83. The van der Waals surface area contributed by atoms with E-state index in [1.807, 2.05) is 6.92 Å². The van der Waals surface area contributed by atoms with Gasteiger partial charge in [0.2, 0.25) is 0 Å². The van der Waals surface area contributed by atoms with Crippen molar-refractivity contribution in [1.82, 2.24) is 0 Å². The second kappa shape index (κ2) is 4.34. The summed E-state index contributed by atoms with van der Waals surface area (Å²) < 4.78 is 5.69. The van der Waals surface area contributed by atoms with Gasteiger partial charge in [0, 0.05) is 5.02 Å². The SMILES string of the molecule is Cc1cc(Cl)cc(C(=O)O)c1OC1CCC1. The minimum Gasteiger partial charge on any atom is -0.489 e. The molecule has 1 fully saturated rings. The molecule has 16 heavy (non-hydrogen) atoms. The second-order valence-corrected chi connectivity index (χ2v) is 4.51. The molecular weight excluding hydrogens is 228 g/mol. The molecule has 0 saturated heterocycles. The Morgan fingerprint density at radius 2 is 2.19 bits per heavy atom. The van der Waals surface area contributed by atoms with Gasteiger partial charge in [-0.05, 0) is 43.9 Å². The fourth-order valence-electron chi connectivity index (χ4n) is 1.70. The van der Waals surface area contributed by atoms with Crippen molar-refractivity contribution in [2.45, 2.75) is 32.3 Å². The van der Waals surface area contributed by atoms with Crippen LogP contribution in [0.4, 0.5) is 0 Å². The van der Waals surface area contributed by atoms with Gasteiger partial charge in [-0.1, -0.05) is 11.6 Å². The summed E-state index contributed by atoms with van der Waals surface area (Å²) in [5, 5.41) is 9.51. The van der Waals surface area contributed by atoms with Gasteiger partial charge in [-0.15, -0.1) is 0 Å². The number of rotatable bonds is 3. The van der Waals surface area contributed by atoms with Crippen LogP contribution in [0, 0.1) is 6.92 Å². The van der Waals surface area contributed by atoms with E-state index in [-0.39, 0.29) is 11.7 Å². The highest BCUT2D eigenvalue weighted by molar-refractivity contribution is 6.31. The molecule has 0 unspecified atom stereocenters. The first kappa shape index (κ1) is 11.3. The molecule has 4 heteroatoms. The van der Waals surface area contributed by atoms with E-state index in [4.69, 9.17) is 21.4 Å². The Bertz CT molecular complexity index is 425. The monoisotopic (exact) mass is 240 g/mol. The van der Waals surface area contributed by atoms with Gasteiger partial charge in [0.1, 0.15) is 11.3 Å². The average Bonchev–Trinajstić information content (AvgIpc) is 2.12. The first-order chi connectivity index (χ1) is 7.58. The number of ether oxygens (including phenoxy) is 1. The number of aromatic carboxylic acids is 1. The molecule has 86 valence electrons. The number of benzene rings is 1. The molecule has 0 spiro atoms. The van der Waals surface area contributed by atoms with Crippen molar-refractivity contribution in [2.75, 3.05) is 0 Å². The van der Waals surface area contributed by atoms with Crippen molar-refractivity contribution in [3.63, 3.8) is 0 Å². The Kier molecular flexibility index (Phi) is 3.06. The van der Waals surface area contributed by atoms with Gasteiger partial charge in [-0.3, -0.25) is 0 Å². The first-order valence-electron chi connectivity index (χ1n) is 5.28. The highest BCUT2D eigenvalue weighted by Crippen LogP contribution is 2.32. The molecular formula is C12H13ClO3. The lowest BCUT2D eigenvalue weighted by atomic mass is 9.96. The van der Waals surface area contributed by atoms with Gasteiger partial charge >= 0.3 is 5.97 Å². The van der Waals surface area contributed by atoms with Gasteiger partial charge in [0.05, 0.1) is 6.10 Å². The molecule has 1 aromatic rings. The van der Waals surface area contributed by atoms with Crippen LogP contribution in [-0.4, -0.2) is 17.2 Å². The van der Waals surface area contributed by atoms with E-state index in [1.165, 1.54) is 6.07 Å². The van der Waals surface area contributed by atoms with Crippen LogP contribution in [0.5, 0.6) is 5.75 Å². The maximum Gasteiger partial charge on any atom is 0.339 e. The lowest BCUT2D eigenvalue weighted by molar-refractivity contribution is 0.0679. The van der Waals surface area contributed by atoms with E-state index in [1.54, 1.807) is 6.07 Å². The summed E-state index contributed by atoms with van der Waals surface area (Å²) in [6.07, 6.45) is 3.32. The molecule has 0 amide bonds. The largest absolute Gasteiger partial charge is 0.489 e. The summed E-state index contributed by atoms with van der Waals surface area (Å²) in [4.78, 5) is 11.1. The Labute approximate surface area is 99.0 Å². The van der Waals surface area contributed by atoms with Crippen LogP contribution in [0.1, 0.15) is 35.2 Å². The van der Waals surface area contributed by atoms with Crippen LogP contribution in [0.2, 0.25) is 5.02 Å². The highest BCUT2D eigenvalue weighted by atomic mass is 35.5. The van der Waals surface area contributed by atoms with Crippen molar-refractivity contribution in [2.24, 2.45) is 0 Å². The fourth-order valence-corrected chi connectivity index (χ4v) is 1.97. The van der Waals surface area contributed by atoms with Crippen LogP contribution in [0.15, 0.2) is 12.1 Å². The molecule has 1 aliphatic carbocycles. The summed E-state index contributed by atoms with van der Waals surface area (Å²) in [6, 6.07) is 3.16. The molecule has 0 bridgehead atoms. The van der Waals surface area contributed by atoms with Crippen molar-refractivity contribution < 1.29 is 14.6 Å². The van der Waals surface area contributed by atoms with E-state index >= 15 is 0 Å². The van der Waals surface area contributed by atoms with E-state index in [0.717, 1.165) is 24.8 Å². The Morgan fingerprint density at radius 3 is 2.69 bits per heavy atom. The molecule has 0 radical (unpaired) electrons. The molecule has 0 aromatic heterocycles. The summed E-state index contributed by atoms with van der Waals surface area (Å²) in [7, 11) is 0. The maximum atomic E-state index is 11.1. The van der Waals surface area contributed by atoms with Gasteiger partial charge < -0.3 is 9.84 Å². The quantitative estimate of drug-likeness (QED) is 0.882. The van der Waals surface area contributed by atoms with Crippen molar-refractivity contribution in [3.05, 3.63) is 28.3 Å². The lowest BCUT2D eigenvalue weighted by Crippen LogP contribution is -2.25. The van der Waals surface area contributed by atoms with Gasteiger partial charge in [-0.25, -0.2) is 4.79 Å². The minimum atomic E-state index is -1.00. The van der Waals surface area contributed by atoms with Crippen molar-refractivity contribution in [3.8, 4) is 5.75 Å². The number of aryl methyl sites for hydroxylation is 1. The topological polar surface area (TPSA) is 46.5 Å². The van der Waals surface area contributed by atoms with E-state index < -0.39 is 5.97 Å². The molecule has 1 saturated carbocycles. The van der Waals surface area contributed by atoms with Crippen LogP contribution in [0.25, 0.3) is 0 Å². The van der Waals surface area contributed by atoms with Crippen LogP contribution < -0.4 is 4.74 Å². The number of carbonyl (C=O) groups is 1. The number of halogens is 1. The Hall–Kier alpha value is -1.22. The number of hydrogen-bond donors (Lipinski definition) is 1. The van der Waals surface area contributed by atoms with E-state index in [9.17, 15) is 4.79 Å². The molecule has 0 heterocycles. The maximum absolute atomic E-state index is 11.1. The van der Waals surface area contributed by atoms with Crippen LogP contribution in [0.3, 0.4) is 0 Å². The van der Waals surface area contributed by atoms with Gasteiger partial charge in [0.25, 0.3) is 0 Å². The summed E-state index contributed by atoms with van der Waals surface area (Å²) in [5.74, 6) is -0.540. The smallest absolute Gasteiger partial charge is 0.339 e. The fraction of sp³-hybridized carbons (Fsp3) is 0.417. The normalized spacial score (nSPS) is 15.6. The molecule has 2 rings (SSSR count). The van der Waals surface area contributed by atoms with Crippen LogP contribution in [-0.2, 0) is 0 Å². The van der Waals surface area contributed by atoms with Gasteiger partial charge in [-0.2, -0.15) is 0 Å². The standard InChI is InChI=1S/C12H13ClO3/c1-7-5-8(13)6-10(12(14)15)11(7)16-9-3-2-4-9/h5-6,9H,2-4H2,1H3,(H,14,15). The van der Waals surface area contributed by atoms with Gasteiger partial charge in [0.15, 0.2) is 0 Å². The van der Waals surface area contributed by atoms with Crippen molar-refractivity contribution >= 4 is 17.6 Å². The molecule has 0 atom stereocenters. The average molecular weight is 241 g/mol. The third-order valence-electron chi connectivity index (χ3n) is 2.81. The van der Waals surface area contributed by atoms with E-state index in [0.29, 0.717) is 10.8 Å². The molecule has 0 aliphatic heterocycles. The summed E-state index contributed by atoms with van der Waals surface area (Å²) in [5.41, 5.74) is 0.925. The predicted octanol–water partition coefficient (Wildman–Crippen LogP) is 3.28. The minimum absolute atomic E-state index is 0.150. The van der Waals surface area contributed by atoms with Crippen LogP contribution >= 0.6 is 11.6 Å². The predicted molar refractivity (Wildman–Crippen MR) is 61.4 cm³/mol. The first-order valence-corrected chi connectivity index (χ1v) is 5.66. The zero-order valence-corrected chi connectivity index (χ0v) is 9.75. The molecule has 1 aromatic carbocycles. The Morgan fingerprint density at radius 1 is 1.50 bits per heavy atom. The third kappa shape index (κ3) is 2.14.